The molecule has 1 atom stereocenters. The van der Waals surface area contributed by atoms with E-state index in [1.165, 1.54) is 32.1 Å². The van der Waals surface area contributed by atoms with E-state index in [2.05, 4.69) is 29.4 Å². The van der Waals surface area contributed by atoms with E-state index in [0.29, 0.717) is 5.92 Å². The second-order valence-corrected chi connectivity index (χ2v) is 6.11. The zero-order chi connectivity index (χ0) is 15.4. The standard InChI is InChI=1S/C18H25N3O/c1-13-7-5-3-4-6-10-19-16-11-14(22-2)8-9-15(16)17-12-20-18(13)21-17/h8-9,11-13,19H,3-7,10H2,1-2H3,(H,20,21)/t13-/m0/s1. The Morgan fingerprint density at radius 2 is 2.05 bits per heavy atom. The van der Waals surface area contributed by atoms with Crippen molar-refractivity contribution in [3.05, 3.63) is 30.2 Å². The minimum atomic E-state index is 0.490. The van der Waals surface area contributed by atoms with Crippen LogP contribution >= 0.6 is 0 Å². The summed E-state index contributed by atoms with van der Waals surface area (Å²) in [5.41, 5.74) is 3.24. The number of rotatable bonds is 1. The van der Waals surface area contributed by atoms with Gasteiger partial charge in [-0.05, 0) is 25.0 Å². The van der Waals surface area contributed by atoms with Gasteiger partial charge in [0.25, 0.3) is 0 Å². The number of aromatic nitrogens is 2. The molecule has 0 fully saturated rings. The second-order valence-electron chi connectivity index (χ2n) is 6.11. The zero-order valence-corrected chi connectivity index (χ0v) is 13.5. The molecular weight excluding hydrogens is 274 g/mol. The molecule has 4 heteroatoms. The molecule has 4 nitrogen and oxygen atoms in total. The van der Waals surface area contributed by atoms with Gasteiger partial charge in [0.2, 0.25) is 0 Å². The molecule has 1 aliphatic rings. The van der Waals surface area contributed by atoms with Crippen molar-refractivity contribution in [2.45, 2.75) is 44.9 Å². The molecule has 22 heavy (non-hydrogen) atoms. The first-order valence-corrected chi connectivity index (χ1v) is 8.25. The molecule has 0 radical (unpaired) electrons. The van der Waals surface area contributed by atoms with Crippen LogP contribution in [0, 0.1) is 0 Å². The Morgan fingerprint density at radius 1 is 1.18 bits per heavy atom. The summed E-state index contributed by atoms with van der Waals surface area (Å²) >= 11 is 0. The summed E-state index contributed by atoms with van der Waals surface area (Å²) < 4.78 is 5.36. The number of imidazole rings is 1. The molecule has 1 aromatic heterocycles. The van der Waals surface area contributed by atoms with Gasteiger partial charge in [0.15, 0.2) is 0 Å². The molecule has 0 saturated heterocycles. The first-order valence-electron chi connectivity index (χ1n) is 8.25. The summed E-state index contributed by atoms with van der Waals surface area (Å²) in [5.74, 6) is 2.46. The van der Waals surface area contributed by atoms with Crippen molar-refractivity contribution in [1.82, 2.24) is 9.97 Å². The van der Waals surface area contributed by atoms with Crippen LogP contribution in [0.3, 0.4) is 0 Å². The van der Waals surface area contributed by atoms with Crippen LogP contribution in [0.5, 0.6) is 5.75 Å². The lowest BCUT2D eigenvalue weighted by Crippen LogP contribution is -2.03. The lowest BCUT2D eigenvalue weighted by atomic mass is 10.0. The summed E-state index contributed by atoms with van der Waals surface area (Å²) in [5, 5.41) is 3.55. The monoisotopic (exact) mass is 299 g/mol. The third kappa shape index (κ3) is 3.26. The lowest BCUT2D eigenvalue weighted by Gasteiger charge is -2.12. The molecule has 0 unspecified atom stereocenters. The number of benzene rings is 1. The molecular formula is C18H25N3O. The Morgan fingerprint density at radius 3 is 2.91 bits per heavy atom. The molecule has 3 rings (SSSR count). The fourth-order valence-corrected chi connectivity index (χ4v) is 3.04. The van der Waals surface area contributed by atoms with Gasteiger partial charge in [0, 0.05) is 36.0 Å². The molecule has 2 heterocycles. The largest absolute Gasteiger partial charge is 0.497 e. The van der Waals surface area contributed by atoms with Gasteiger partial charge in [-0.25, -0.2) is 4.98 Å². The van der Waals surface area contributed by atoms with E-state index in [1.54, 1.807) is 7.11 Å². The smallest absolute Gasteiger partial charge is 0.120 e. The van der Waals surface area contributed by atoms with Crippen LogP contribution in [0.4, 0.5) is 5.69 Å². The number of hydrogen-bond donors (Lipinski definition) is 2. The molecule has 1 aromatic carbocycles. The number of nitrogens with one attached hydrogen (secondary N) is 2. The van der Waals surface area contributed by atoms with E-state index >= 15 is 0 Å². The van der Waals surface area contributed by atoms with Crippen molar-refractivity contribution < 1.29 is 4.74 Å². The van der Waals surface area contributed by atoms with Crippen LogP contribution in [0.1, 0.15) is 50.8 Å². The number of H-pyrrole nitrogens is 1. The number of fused-ring (bicyclic) bond motifs is 4. The van der Waals surface area contributed by atoms with E-state index in [-0.39, 0.29) is 0 Å². The van der Waals surface area contributed by atoms with Gasteiger partial charge in [-0.2, -0.15) is 0 Å². The minimum Gasteiger partial charge on any atom is -0.497 e. The van der Waals surface area contributed by atoms with Crippen molar-refractivity contribution in [2.75, 3.05) is 19.0 Å². The van der Waals surface area contributed by atoms with Gasteiger partial charge in [0.05, 0.1) is 12.8 Å². The van der Waals surface area contributed by atoms with Crippen LogP contribution in [-0.4, -0.2) is 23.6 Å². The average Bonchev–Trinajstić information content (AvgIpc) is 3.03. The maximum absolute atomic E-state index is 5.36. The molecule has 0 amide bonds. The Labute approximate surface area is 132 Å². The molecule has 118 valence electrons. The molecule has 1 aliphatic heterocycles. The first-order chi connectivity index (χ1) is 10.8. The van der Waals surface area contributed by atoms with Crippen LogP contribution in [0.25, 0.3) is 11.3 Å². The number of ether oxygens (including phenoxy) is 1. The van der Waals surface area contributed by atoms with Gasteiger partial charge in [-0.15, -0.1) is 0 Å². The van der Waals surface area contributed by atoms with Crippen LogP contribution in [0.15, 0.2) is 24.4 Å². The number of aromatic amines is 1. The normalized spacial score (nSPS) is 19.1. The highest BCUT2D eigenvalue weighted by Crippen LogP contribution is 2.32. The fourth-order valence-electron chi connectivity index (χ4n) is 3.04. The van der Waals surface area contributed by atoms with E-state index < -0.39 is 0 Å². The van der Waals surface area contributed by atoms with Crippen molar-refractivity contribution in [3.8, 4) is 17.0 Å². The summed E-state index contributed by atoms with van der Waals surface area (Å²) in [6.45, 7) is 3.25. The van der Waals surface area contributed by atoms with Gasteiger partial charge >= 0.3 is 0 Å². The van der Waals surface area contributed by atoms with Crippen molar-refractivity contribution >= 4 is 5.69 Å². The number of nitrogens with zero attached hydrogens (tertiary/aromatic N) is 1. The SMILES string of the molecule is COc1ccc2c(c1)NCCCCCC[C@H](C)c1nc-2c[nH]1. The van der Waals surface area contributed by atoms with Crippen molar-refractivity contribution in [3.63, 3.8) is 0 Å². The summed E-state index contributed by atoms with van der Waals surface area (Å²) in [6, 6.07) is 6.15. The topological polar surface area (TPSA) is 49.9 Å². The van der Waals surface area contributed by atoms with Crippen LogP contribution in [-0.2, 0) is 0 Å². The predicted molar refractivity (Wildman–Crippen MR) is 90.6 cm³/mol. The summed E-state index contributed by atoms with van der Waals surface area (Å²) in [4.78, 5) is 8.17. The lowest BCUT2D eigenvalue weighted by molar-refractivity contribution is 0.415. The highest BCUT2D eigenvalue weighted by molar-refractivity contribution is 5.76. The Bertz CT molecular complexity index is 621. The fraction of sp³-hybridized carbons (Fsp3) is 0.500. The predicted octanol–water partition coefficient (Wildman–Crippen LogP) is 4.56. The molecule has 0 aliphatic carbocycles. The van der Waals surface area contributed by atoms with E-state index in [0.717, 1.165) is 35.1 Å². The molecule has 2 bridgehead atoms. The Kier molecular flexibility index (Phi) is 4.66. The average molecular weight is 299 g/mol. The second kappa shape index (κ2) is 6.86. The van der Waals surface area contributed by atoms with Crippen molar-refractivity contribution in [2.24, 2.45) is 0 Å². The van der Waals surface area contributed by atoms with Crippen molar-refractivity contribution in [1.29, 1.82) is 0 Å². The Hall–Kier alpha value is -1.97. The van der Waals surface area contributed by atoms with Crippen LogP contribution < -0.4 is 10.1 Å². The van der Waals surface area contributed by atoms with Gasteiger partial charge < -0.3 is 15.0 Å². The quantitative estimate of drug-likeness (QED) is 0.811. The van der Waals surface area contributed by atoms with E-state index in [4.69, 9.17) is 9.72 Å². The zero-order valence-electron chi connectivity index (χ0n) is 13.5. The van der Waals surface area contributed by atoms with Gasteiger partial charge in [-0.1, -0.05) is 26.2 Å². The first kappa shape index (κ1) is 14.9. The molecule has 0 spiro atoms. The third-order valence-electron chi connectivity index (χ3n) is 4.45. The maximum Gasteiger partial charge on any atom is 0.120 e. The Balaban J connectivity index is 1.97. The third-order valence-corrected chi connectivity index (χ3v) is 4.45. The number of methoxy groups -OCH3 is 1. The summed E-state index contributed by atoms with van der Waals surface area (Å²) in [6.07, 6.45) is 8.28. The van der Waals surface area contributed by atoms with Gasteiger partial charge in [-0.3, -0.25) is 0 Å². The van der Waals surface area contributed by atoms with Crippen LogP contribution in [0.2, 0.25) is 0 Å². The summed E-state index contributed by atoms with van der Waals surface area (Å²) in [7, 11) is 1.70. The number of anilines is 1. The highest BCUT2D eigenvalue weighted by atomic mass is 16.5. The van der Waals surface area contributed by atoms with E-state index in [1.807, 2.05) is 12.3 Å². The number of hydrogen-bond acceptors (Lipinski definition) is 3. The minimum absolute atomic E-state index is 0.490. The molecule has 2 N–H and O–H groups in total. The molecule has 0 saturated carbocycles. The maximum atomic E-state index is 5.36. The molecule has 2 aromatic rings. The highest BCUT2D eigenvalue weighted by Gasteiger charge is 2.14. The van der Waals surface area contributed by atoms with E-state index in [9.17, 15) is 0 Å². The van der Waals surface area contributed by atoms with Gasteiger partial charge in [0.1, 0.15) is 11.6 Å².